The van der Waals surface area contributed by atoms with Crippen molar-refractivity contribution in [2.75, 3.05) is 49.8 Å². The lowest BCUT2D eigenvalue weighted by Gasteiger charge is -2.21. The predicted molar refractivity (Wildman–Crippen MR) is 126 cm³/mol. The third-order valence-corrected chi connectivity index (χ3v) is 5.50. The molecule has 32 heavy (non-hydrogen) atoms. The third kappa shape index (κ3) is 4.31. The number of nitrogen functional groups attached to an aromatic ring is 1. The van der Waals surface area contributed by atoms with Crippen LogP contribution in [-0.4, -0.2) is 49.9 Å². The van der Waals surface area contributed by atoms with Gasteiger partial charge in [-0.25, -0.2) is 4.98 Å². The maximum absolute atomic E-state index is 9.25. The van der Waals surface area contributed by atoms with Crippen molar-refractivity contribution >= 4 is 34.0 Å². The number of methoxy groups -OCH3 is 2. The number of fused-ring (bicyclic) bond motifs is 1. The van der Waals surface area contributed by atoms with Gasteiger partial charge >= 0.3 is 0 Å². The second kappa shape index (κ2) is 9.16. The number of hydrogen-bond donors (Lipinski definition) is 3. The van der Waals surface area contributed by atoms with Crippen LogP contribution >= 0.6 is 0 Å². The Morgan fingerprint density at radius 1 is 1.16 bits per heavy atom. The second-order valence-corrected chi connectivity index (χ2v) is 7.66. The number of nitrogens with one attached hydrogen (secondary N) is 2. The fourth-order valence-corrected chi connectivity index (χ4v) is 4.06. The molecule has 3 aromatic rings. The van der Waals surface area contributed by atoms with Gasteiger partial charge in [0.05, 0.1) is 31.4 Å². The first-order valence-corrected chi connectivity index (χ1v) is 10.5. The molecule has 1 atom stereocenters. The van der Waals surface area contributed by atoms with Gasteiger partial charge in [-0.2, -0.15) is 10.2 Å². The summed E-state index contributed by atoms with van der Waals surface area (Å²) in [5, 5.41) is 16.9. The standard InChI is InChI=1S/C23H27N7O2/c1-4-26-16-5-6-30(13-16)22-18-10-20(31-2)21(32-3)11-19(18)28-23(29-22)27-17-8-14(12-24)7-15(25)9-17/h7-11,16,26H,4-6,13,25H2,1-3H3,(H,27,28,29)/t16-/m0/s1. The van der Waals surface area contributed by atoms with Gasteiger partial charge in [-0.3, -0.25) is 0 Å². The highest BCUT2D eigenvalue weighted by Crippen LogP contribution is 2.37. The number of aromatic nitrogens is 2. The molecule has 0 unspecified atom stereocenters. The Hall–Kier alpha value is -3.77. The van der Waals surface area contributed by atoms with Crippen molar-refractivity contribution in [2.45, 2.75) is 19.4 Å². The van der Waals surface area contributed by atoms with Crippen LogP contribution in [0.25, 0.3) is 10.9 Å². The molecule has 0 aliphatic carbocycles. The maximum atomic E-state index is 9.25. The van der Waals surface area contributed by atoms with E-state index in [0.717, 1.165) is 42.8 Å². The average molecular weight is 434 g/mol. The Morgan fingerprint density at radius 2 is 1.94 bits per heavy atom. The first-order chi connectivity index (χ1) is 15.5. The van der Waals surface area contributed by atoms with Gasteiger partial charge in [-0.15, -0.1) is 0 Å². The number of ether oxygens (including phenoxy) is 2. The zero-order valence-electron chi connectivity index (χ0n) is 18.5. The number of benzene rings is 2. The molecule has 4 N–H and O–H groups in total. The van der Waals surface area contributed by atoms with E-state index in [0.29, 0.717) is 40.4 Å². The Labute approximate surface area is 187 Å². The van der Waals surface area contributed by atoms with Gasteiger partial charge < -0.3 is 30.7 Å². The topological polar surface area (TPSA) is 121 Å². The van der Waals surface area contributed by atoms with E-state index in [1.165, 1.54) is 0 Å². The summed E-state index contributed by atoms with van der Waals surface area (Å²) >= 11 is 0. The number of nitriles is 1. The number of nitrogens with two attached hydrogens (primary N) is 1. The van der Waals surface area contributed by atoms with E-state index in [1.54, 1.807) is 32.4 Å². The normalized spacial score (nSPS) is 15.6. The largest absolute Gasteiger partial charge is 0.493 e. The molecule has 9 nitrogen and oxygen atoms in total. The van der Waals surface area contributed by atoms with Gasteiger partial charge in [0.15, 0.2) is 11.5 Å². The summed E-state index contributed by atoms with van der Waals surface area (Å²) in [6.45, 7) is 4.78. The number of hydrogen-bond acceptors (Lipinski definition) is 9. The average Bonchev–Trinajstić information content (AvgIpc) is 3.25. The van der Waals surface area contributed by atoms with Crippen molar-refractivity contribution in [3.8, 4) is 17.6 Å². The molecule has 2 heterocycles. The Balaban J connectivity index is 1.80. The molecular weight excluding hydrogens is 406 g/mol. The monoisotopic (exact) mass is 433 g/mol. The predicted octanol–water partition coefficient (Wildman–Crippen LogP) is 3.03. The number of anilines is 4. The van der Waals surface area contributed by atoms with Crippen LogP contribution in [-0.2, 0) is 0 Å². The second-order valence-electron chi connectivity index (χ2n) is 7.66. The molecule has 1 aliphatic rings. The minimum atomic E-state index is 0.411. The van der Waals surface area contributed by atoms with E-state index in [-0.39, 0.29) is 0 Å². The third-order valence-electron chi connectivity index (χ3n) is 5.50. The molecule has 0 spiro atoms. The first-order valence-electron chi connectivity index (χ1n) is 10.5. The SMILES string of the molecule is CCN[C@H]1CCN(c2nc(Nc3cc(N)cc(C#N)c3)nc3cc(OC)c(OC)cc23)C1. The zero-order chi connectivity index (χ0) is 22.7. The van der Waals surface area contributed by atoms with Crippen LogP contribution in [0.15, 0.2) is 30.3 Å². The molecule has 166 valence electrons. The van der Waals surface area contributed by atoms with Gasteiger partial charge in [0, 0.05) is 42.0 Å². The minimum absolute atomic E-state index is 0.411. The van der Waals surface area contributed by atoms with E-state index in [9.17, 15) is 5.26 Å². The van der Waals surface area contributed by atoms with E-state index >= 15 is 0 Å². The molecule has 1 fully saturated rings. The highest BCUT2D eigenvalue weighted by molar-refractivity contribution is 5.93. The zero-order valence-corrected chi connectivity index (χ0v) is 18.5. The van der Waals surface area contributed by atoms with Crippen LogP contribution in [0.2, 0.25) is 0 Å². The lowest BCUT2D eigenvalue weighted by atomic mass is 10.2. The van der Waals surface area contributed by atoms with Crippen molar-refractivity contribution < 1.29 is 9.47 Å². The summed E-state index contributed by atoms with van der Waals surface area (Å²) in [7, 11) is 3.21. The Morgan fingerprint density at radius 3 is 2.66 bits per heavy atom. The highest BCUT2D eigenvalue weighted by Gasteiger charge is 2.26. The minimum Gasteiger partial charge on any atom is -0.493 e. The highest BCUT2D eigenvalue weighted by atomic mass is 16.5. The fraction of sp³-hybridized carbons (Fsp3) is 0.348. The molecule has 0 amide bonds. The van der Waals surface area contributed by atoms with Crippen LogP contribution in [0.4, 0.5) is 23.1 Å². The van der Waals surface area contributed by atoms with Gasteiger partial charge in [0.2, 0.25) is 5.95 Å². The first kappa shape index (κ1) is 21.5. The van der Waals surface area contributed by atoms with Gasteiger partial charge in [-0.1, -0.05) is 6.92 Å². The van der Waals surface area contributed by atoms with Crippen molar-refractivity contribution in [2.24, 2.45) is 0 Å². The molecule has 2 aromatic carbocycles. The van der Waals surface area contributed by atoms with Crippen molar-refractivity contribution in [1.29, 1.82) is 5.26 Å². The molecule has 4 rings (SSSR count). The number of rotatable bonds is 7. The van der Waals surface area contributed by atoms with Crippen LogP contribution in [0.3, 0.4) is 0 Å². The Bertz CT molecular complexity index is 1180. The van der Waals surface area contributed by atoms with E-state index in [1.807, 2.05) is 12.1 Å². The number of likely N-dealkylation sites (N-methyl/N-ethyl adjacent to an activating group) is 1. The summed E-state index contributed by atoms with van der Waals surface area (Å²) in [5.41, 5.74) is 8.28. The molecule has 0 bridgehead atoms. The fourth-order valence-electron chi connectivity index (χ4n) is 4.06. The molecule has 1 aliphatic heterocycles. The summed E-state index contributed by atoms with van der Waals surface area (Å²) < 4.78 is 11.0. The lowest BCUT2D eigenvalue weighted by molar-refractivity contribution is 0.356. The summed E-state index contributed by atoms with van der Waals surface area (Å²) in [6.07, 6.45) is 1.04. The molecule has 1 aromatic heterocycles. The lowest BCUT2D eigenvalue weighted by Crippen LogP contribution is -2.32. The molecule has 0 radical (unpaired) electrons. The number of nitrogens with zero attached hydrogens (tertiary/aromatic N) is 4. The van der Waals surface area contributed by atoms with Crippen molar-refractivity contribution in [1.82, 2.24) is 15.3 Å². The maximum Gasteiger partial charge on any atom is 0.229 e. The smallest absolute Gasteiger partial charge is 0.229 e. The Kier molecular flexibility index (Phi) is 6.14. The quantitative estimate of drug-likeness (QED) is 0.483. The van der Waals surface area contributed by atoms with Crippen LogP contribution in [0.5, 0.6) is 11.5 Å². The van der Waals surface area contributed by atoms with E-state index in [4.69, 9.17) is 25.2 Å². The summed E-state index contributed by atoms with van der Waals surface area (Å²) in [6, 6.07) is 11.4. The molecular formula is C23H27N7O2. The molecule has 9 heteroatoms. The van der Waals surface area contributed by atoms with Crippen molar-refractivity contribution in [3.63, 3.8) is 0 Å². The van der Waals surface area contributed by atoms with Gasteiger partial charge in [-0.05, 0) is 37.2 Å². The summed E-state index contributed by atoms with van der Waals surface area (Å²) in [4.78, 5) is 11.8. The van der Waals surface area contributed by atoms with E-state index in [2.05, 4.69) is 28.5 Å². The van der Waals surface area contributed by atoms with Crippen LogP contribution < -0.4 is 30.7 Å². The van der Waals surface area contributed by atoms with Crippen LogP contribution in [0.1, 0.15) is 18.9 Å². The molecule has 0 saturated carbocycles. The van der Waals surface area contributed by atoms with Gasteiger partial charge in [0.25, 0.3) is 0 Å². The molecule has 1 saturated heterocycles. The van der Waals surface area contributed by atoms with E-state index < -0.39 is 0 Å². The van der Waals surface area contributed by atoms with Crippen molar-refractivity contribution in [3.05, 3.63) is 35.9 Å². The van der Waals surface area contributed by atoms with Crippen LogP contribution in [0, 0.1) is 11.3 Å². The summed E-state index contributed by atoms with van der Waals surface area (Å²) in [5.74, 6) is 2.46. The van der Waals surface area contributed by atoms with Gasteiger partial charge in [0.1, 0.15) is 5.82 Å².